The Bertz CT molecular complexity index is 968. The van der Waals surface area contributed by atoms with Crippen molar-refractivity contribution in [1.82, 2.24) is 9.88 Å². The van der Waals surface area contributed by atoms with E-state index >= 15 is 0 Å². The highest BCUT2D eigenvalue weighted by atomic mass is 35.5. The lowest BCUT2D eigenvalue weighted by molar-refractivity contribution is 0.0984. The van der Waals surface area contributed by atoms with E-state index in [0.29, 0.717) is 45.8 Å². The largest absolute Gasteiger partial charge is 0.497 e. The molecule has 0 radical (unpaired) electrons. The minimum Gasteiger partial charge on any atom is -0.497 e. The maximum atomic E-state index is 13.4. The topological polar surface area (TPSA) is 54.9 Å². The van der Waals surface area contributed by atoms with Gasteiger partial charge in [-0.3, -0.25) is 9.69 Å². The number of hydrogen-bond acceptors (Lipinski definition) is 6. The summed E-state index contributed by atoms with van der Waals surface area (Å²) in [5.74, 6) is 0.944. The van der Waals surface area contributed by atoms with E-state index in [1.54, 1.807) is 43.4 Å². The standard InChI is InChI=1S/C20H22ClN3O3S/c1-23(2)8-9-24(20-22-18-16(21)6-5-7-17(18)28-20)19(25)13-10-14(26-3)12-15(11-13)27-4/h5-7,10-12H,8-9H2,1-4H3. The third-order valence-electron chi connectivity index (χ3n) is 4.20. The lowest BCUT2D eigenvalue weighted by atomic mass is 10.1. The van der Waals surface area contributed by atoms with E-state index in [1.807, 2.05) is 31.1 Å². The minimum atomic E-state index is -0.172. The second-order valence-corrected chi connectivity index (χ2v) is 7.86. The molecule has 0 fully saturated rings. The van der Waals surface area contributed by atoms with Crippen LogP contribution in [0.1, 0.15) is 10.4 Å². The summed E-state index contributed by atoms with van der Waals surface area (Å²) in [6.07, 6.45) is 0. The zero-order chi connectivity index (χ0) is 20.3. The quantitative estimate of drug-likeness (QED) is 0.575. The molecule has 3 rings (SSSR count). The lowest BCUT2D eigenvalue weighted by Gasteiger charge is -2.22. The Kier molecular flexibility index (Phi) is 6.39. The van der Waals surface area contributed by atoms with E-state index in [2.05, 4.69) is 4.98 Å². The number of hydrogen-bond donors (Lipinski definition) is 0. The first-order chi connectivity index (χ1) is 13.4. The molecule has 8 heteroatoms. The van der Waals surface area contributed by atoms with Crippen molar-refractivity contribution >= 4 is 44.2 Å². The lowest BCUT2D eigenvalue weighted by Crippen LogP contribution is -2.36. The fraction of sp³-hybridized carbons (Fsp3) is 0.300. The third-order valence-corrected chi connectivity index (χ3v) is 5.55. The molecule has 6 nitrogen and oxygen atoms in total. The first-order valence-corrected chi connectivity index (χ1v) is 9.87. The third kappa shape index (κ3) is 4.38. The van der Waals surface area contributed by atoms with Crippen molar-refractivity contribution in [2.24, 2.45) is 0 Å². The van der Waals surface area contributed by atoms with Gasteiger partial charge in [0.1, 0.15) is 17.0 Å². The molecule has 1 aromatic heterocycles. The zero-order valence-corrected chi connectivity index (χ0v) is 17.8. The number of thiazole rings is 1. The predicted molar refractivity (Wildman–Crippen MR) is 114 cm³/mol. The number of aromatic nitrogens is 1. The minimum absolute atomic E-state index is 0.172. The molecule has 2 aromatic carbocycles. The van der Waals surface area contributed by atoms with Crippen molar-refractivity contribution in [3.63, 3.8) is 0 Å². The van der Waals surface area contributed by atoms with Crippen molar-refractivity contribution in [3.05, 3.63) is 47.0 Å². The summed E-state index contributed by atoms with van der Waals surface area (Å²) in [4.78, 5) is 21.7. The van der Waals surface area contributed by atoms with Crippen LogP contribution in [0.2, 0.25) is 5.02 Å². The van der Waals surface area contributed by atoms with Gasteiger partial charge in [0.05, 0.1) is 23.9 Å². The van der Waals surface area contributed by atoms with Crippen LogP contribution in [-0.4, -0.2) is 57.2 Å². The summed E-state index contributed by atoms with van der Waals surface area (Å²) in [6, 6.07) is 10.8. The molecule has 28 heavy (non-hydrogen) atoms. The number of nitrogens with zero attached hydrogens (tertiary/aromatic N) is 3. The summed E-state index contributed by atoms with van der Waals surface area (Å²) in [6.45, 7) is 1.18. The normalized spacial score (nSPS) is 11.1. The monoisotopic (exact) mass is 419 g/mol. The Labute approximate surface area is 173 Å². The second-order valence-electron chi connectivity index (χ2n) is 6.44. The second kappa shape index (κ2) is 8.77. The Morgan fingerprint density at radius 3 is 2.36 bits per heavy atom. The number of likely N-dealkylation sites (N-methyl/N-ethyl adjacent to an activating group) is 1. The van der Waals surface area contributed by atoms with Crippen LogP contribution in [0.15, 0.2) is 36.4 Å². The van der Waals surface area contributed by atoms with E-state index in [1.165, 1.54) is 11.3 Å². The van der Waals surface area contributed by atoms with Crippen molar-refractivity contribution in [3.8, 4) is 11.5 Å². The molecule has 1 amide bonds. The van der Waals surface area contributed by atoms with Crippen LogP contribution in [0, 0.1) is 0 Å². The molecule has 0 aliphatic heterocycles. The number of rotatable bonds is 7. The number of fused-ring (bicyclic) bond motifs is 1. The van der Waals surface area contributed by atoms with Gasteiger partial charge in [0.25, 0.3) is 5.91 Å². The van der Waals surface area contributed by atoms with E-state index in [4.69, 9.17) is 21.1 Å². The number of anilines is 1. The van der Waals surface area contributed by atoms with Gasteiger partial charge in [-0.1, -0.05) is 29.0 Å². The van der Waals surface area contributed by atoms with Crippen LogP contribution < -0.4 is 14.4 Å². The molecule has 3 aromatic rings. The van der Waals surface area contributed by atoms with Gasteiger partial charge >= 0.3 is 0 Å². The first-order valence-electron chi connectivity index (χ1n) is 8.67. The Hall–Kier alpha value is -2.35. The number of methoxy groups -OCH3 is 2. The summed E-state index contributed by atoms with van der Waals surface area (Å²) >= 11 is 7.72. The SMILES string of the molecule is COc1cc(OC)cc(C(=O)N(CCN(C)C)c2nc3c(Cl)cccc3s2)c1. The van der Waals surface area contributed by atoms with Gasteiger partial charge in [0, 0.05) is 24.7 Å². The Morgan fingerprint density at radius 1 is 1.11 bits per heavy atom. The molecule has 0 N–H and O–H groups in total. The van der Waals surface area contributed by atoms with E-state index in [-0.39, 0.29) is 5.91 Å². The van der Waals surface area contributed by atoms with Gasteiger partial charge in [-0.05, 0) is 38.4 Å². The summed E-state index contributed by atoms with van der Waals surface area (Å²) < 4.78 is 11.5. The molecule has 148 valence electrons. The molecule has 0 saturated carbocycles. The molecule has 0 aliphatic rings. The van der Waals surface area contributed by atoms with Gasteiger partial charge in [0.15, 0.2) is 5.13 Å². The maximum Gasteiger partial charge on any atom is 0.260 e. The van der Waals surface area contributed by atoms with Crippen LogP contribution in [0.25, 0.3) is 10.2 Å². The number of benzene rings is 2. The van der Waals surface area contributed by atoms with E-state index in [0.717, 1.165) is 4.70 Å². The van der Waals surface area contributed by atoms with Gasteiger partial charge in [-0.2, -0.15) is 0 Å². The molecule has 0 aliphatic carbocycles. The molecule has 0 saturated heterocycles. The zero-order valence-electron chi connectivity index (χ0n) is 16.2. The number of ether oxygens (including phenoxy) is 2. The predicted octanol–water partition coefficient (Wildman–Crippen LogP) is 4.18. The molecule has 0 bridgehead atoms. The molecule has 1 heterocycles. The Balaban J connectivity index is 2.03. The van der Waals surface area contributed by atoms with Crippen molar-refractivity contribution in [2.75, 3.05) is 46.3 Å². The molecule has 0 unspecified atom stereocenters. The smallest absolute Gasteiger partial charge is 0.260 e. The number of halogens is 1. The number of carbonyl (C=O) groups is 1. The van der Waals surface area contributed by atoms with Gasteiger partial charge in [-0.15, -0.1) is 0 Å². The molecule has 0 atom stereocenters. The average Bonchev–Trinajstić information content (AvgIpc) is 3.12. The Morgan fingerprint density at radius 2 is 1.79 bits per heavy atom. The van der Waals surface area contributed by atoms with Crippen LogP contribution in [0.5, 0.6) is 11.5 Å². The van der Waals surface area contributed by atoms with E-state index < -0.39 is 0 Å². The van der Waals surface area contributed by atoms with Crippen LogP contribution in [0.4, 0.5) is 5.13 Å². The van der Waals surface area contributed by atoms with Crippen LogP contribution >= 0.6 is 22.9 Å². The van der Waals surface area contributed by atoms with Crippen LogP contribution in [-0.2, 0) is 0 Å². The van der Waals surface area contributed by atoms with Crippen molar-refractivity contribution in [2.45, 2.75) is 0 Å². The molecular weight excluding hydrogens is 398 g/mol. The fourth-order valence-corrected chi connectivity index (χ4v) is 3.98. The van der Waals surface area contributed by atoms with Gasteiger partial charge < -0.3 is 14.4 Å². The highest BCUT2D eigenvalue weighted by Crippen LogP contribution is 2.34. The highest BCUT2D eigenvalue weighted by Gasteiger charge is 2.23. The van der Waals surface area contributed by atoms with Crippen LogP contribution in [0.3, 0.4) is 0 Å². The van der Waals surface area contributed by atoms with Crippen molar-refractivity contribution in [1.29, 1.82) is 0 Å². The average molecular weight is 420 g/mol. The highest BCUT2D eigenvalue weighted by molar-refractivity contribution is 7.22. The fourth-order valence-electron chi connectivity index (χ4n) is 2.69. The van der Waals surface area contributed by atoms with Crippen molar-refractivity contribution < 1.29 is 14.3 Å². The van der Waals surface area contributed by atoms with Gasteiger partial charge in [0.2, 0.25) is 0 Å². The van der Waals surface area contributed by atoms with Gasteiger partial charge in [-0.25, -0.2) is 4.98 Å². The summed E-state index contributed by atoms with van der Waals surface area (Å²) in [7, 11) is 7.05. The summed E-state index contributed by atoms with van der Waals surface area (Å²) in [5.41, 5.74) is 1.18. The van der Waals surface area contributed by atoms with E-state index in [9.17, 15) is 4.79 Å². The summed E-state index contributed by atoms with van der Waals surface area (Å²) in [5, 5.41) is 1.18. The maximum absolute atomic E-state index is 13.4. The number of carbonyl (C=O) groups excluding carboxylic acids is 1. The number of para-hydroxylation sites is 1. The number of amides is 1. The molecule has 0 spiro atoms. The molecular formula is C20H22ClN3O3S. The first kappa shape index (κ1) is 20.4.